The maximum absolute atomic E-state index is 11.6. The van der Waals surface area contributed by atoms with E-state index >= 15 is 0 Å². The number of nitrogens with zero attached hydrogens (tertiary/aromatic N) is 2. The van der Waals surface area contributed by atoms with Crippen molar-refractivity contribution in [1.82, 2.24) is 10.2 Å². The van der Waals surface area contributed by atoms with E-state index in [1.807, 2.05) is 0 Å². The van der Waals surface area contributed by atoms with Crippen LogP contribution in [0.15, 0.2) is 22.5 Å². The van der Waals surface area contributed by atoms with Gasteiger partial charge in [0.2, 0.25) is 14.2 Å². The van der Waals surface area contributed by atoms with E-state index in [1.165, 1.54) is 11.1 Å². The minimum Gasteiger partial charge on any atom is -0.221 e. The van der Waals surface area contributed by atoms with Gasteiger partial charge in [-0.25, -0.2) is 8.42 Å². The van der Waals surface area contributed by atoms with Gasteiger partial charge in [0.1, 0.15) is 5.01 Å². The Morgan fingerprint density at radius 3 is 1.70 bits per heavy atom. The summed E-state index contributed by atoms with van der Waals surface area (Å²) in [6.45, 7) is 13.0. The molecule has 0 spiro atoms. The highest BCUT2D eigenvalue weighted by atomic mass is 32.2. The van der Waals surface area contributed by atoms with Crippen molar-refractivity contribution >= 4 is 21.2 Å². The third-order valence-electron chi connectivity index (χ3n) is 3.64. The molecule has 0 radical (unpaired) electrons. The van der Waals surface area contributed by atoms with Crippen molar-refractivity contribution in [2.75, 3.05) is 6.26 Å². The second-order valence-electron chi connectivity index (χ2n) is 7.94. The van der Waals surface area contributed by atoms with Crippen LogP contribution in [-0.2, 0) is 20.7 Å². The van der Waals surface area contributed by atoms with Crippen molar-refractivity contribution in [1.29, 1.82) is 0 Å². The van der Waals surface area contributed by atoms with Crippen LogP contribution in [0.2, 0.25) is 0 Å². The average Bonchev–Trinajstić information content (AvgIpc) is 2.85. The van der Waals surface area contributed by atoms with Crippen LogP contribution < -0.4 is 0 Å². The van der Waals surface area contributed by atoms with Crippen LogP contribution in [0.1, 0.15) is 52.7 Å². The molecule has 0 atom stereocenters. The van der Waals surface area contributed by atoms with E-state index in [9.17, 15) is 8.42 Å². The SMILES string of the molecule is CC(C)(C)c1cc(-c2nnc(S(C)(=O)=O)s2)cc(C(C)(C)C)c1. The van der Waals surface area contributed by atoms with Crippen molar-refractivity contribution in [2.45, 2.75) is 56.7 Å². The van der Waals surface area contributed by atoms with Crippen LogP contribution in [0.5, 0.6) is 0 Å². The molecule has 0 aliphatic heterocycles. The van der Waals surface area contributed by atoms with E-state index in [2.05, 4.69) is 69.9 Å². The lowest BCUT2D eigenvalue weighted by Gasteiger charge is -2.25. The summed E-state index contributed by atoms with van der Waals surface area (Å²) >= 11 is 1.12. The maximum Gasteiger partial charge on any atom is 0.232 e. The molecule has 126 valence electrons. The molecule has 1 heterocycles. The summed E-state index contributed by atoms with van der Waals surface area (Å²) in [6, 6.07) is 6.39. The van der Waals surface area contributed by atoms with Gasteiger partial charge in [0.05, 0.1) is 0 Å². The van der Waals surface area contributed by atoms with Gasteiger partial charge in [-0.1, -0.05) is 58.9 Å². The number of sulfone groups is 1. The number of hydrogen-bond acceptors (Lipinski definition) is 5. The van der Waals surface area contributed by atoms with E-state index in [4.69, 9.17) is 0 Å². The van der Waals surface area contributed by atoms with Crippen molar-refractivity contribution in [3.63, 3.8) is 0 Å². The molecule has 0 aliphatic carbocycles. The zero-order valence-electron chi connectivity index (χ0n) is 14.8. The normalized spacial score (nSPS) is 13.3. The van der Waals surface area contributed by atoms with Crippen LogP contribution in [0.4, 0.5) is 0 Å². The molecule has 0 aliphatic rings. The Balaban J connectivity index is 2.65. The third kappa shape index (κ3) is 4.18. The summed E-state index contributed by atoms with van der Waals surface area (Å²) in [4.78, 5) is 0. The molecule has 1 aromatic heterocycles. The standard InChI is InChI=1S/C17H24N2O2S2/c1-16(2,3)12-8-11(9-13(10-12)17(4,5)6)14-18-19-15(22-14)23(7,20)21/h8-10H,1-7H3. The summed E-state index contributed by atoms with van der Waals surface area (Å²) in [5.74, 6) is 0. The second-order valence-corrected chi connectivity index (χ2v) is 11.1. The smallest absolute Gasteiger partial charge is 0.221 e. The van der Waals surface area contributed by atoms with Crippen molar-refractivity contribution in [3.05, 3.63) is 29.3 Å². The van der Waals surface area contributed by atoms with E-state index in [-0.39, 0.29) is 15.2 Å². The van der Waals surface area contributed by atoms with Crippen molar-refractivity contribution in [3.8, 4) is 10.6 Å². The summed E-state index contributed by atoms with van der Waals surface area (Å²) in [5.41, 5.74) is 3.34. The Morgan fingerprint density at radius 1 is 0.870 bits per heavy atom. The molecule has 23 heavy (non-hydrogen) atoms. The van der Waals surface area contributed by atoms with Crippen LogP contribution in [0.3, 0.4) is 0 Å². The summed E-state index contributed by atoms with van der Waals surface area (Å²) in [7, 11) is -3.32. The average molecular weight is 353 g/mol. The summed E-state index contributed by atoms with van der Waals surface area (Å²) in [6.07, 6.45) is 1.16. The predicted octanol–water partition coefficient (Wildman–Crippen LogP) is 4.20. The topological polar surface area (TPSA) is 59.9 Å². The molecule has 0 N–H and O–H groups in total. The molecule has 1 aromatic carbocycles. The van der Waals surface area contributed by atoms with Gasteiger partial charge in [-0.2, -0.15) is 0 Å². The molecule has 4 nitrogen and oxygen atoms in total. The minimum absolute atomic E-state index is 0.000358. The first kappa shape index (κ1) is 18.1. The molecule has 0 amide bonds. The first-order chi connectivity index (χ1) is 10.3. The fourth-order valence-electron chi connectivity index (χ4n) is 2.09. The third-order valence-corrected chi connectivity index (χ3v) is 6.28. The Hall–Kier alpha value is -1.27. The molecule has 6 heteroatoms. The highest BCUT2D eigenvalue weighted by Crippen LogP contribution is 2.35. The summed E-state index contributed by atoms with van der Waals surface area (Å²) < 4.78 is 23.3. The van der Waals surface area contributed by atoms with Gasteiger partial charge < -0.3 is 0 Å². The molecule has 2 aromatic rings. The van der Waals surface area contributed by atoms with Gasteiger partial charge in [-0.05, 0) is 34.1 Å². The van der Waals surface area contributed by atoms with E-state index < -0.39 is 9.84 Å². The Kier molecular flexibility index (Phi) is 4.45. The summed E-state index contributed by atoms with van der Waals surface area (Å²) in [5, 5.41) is 8.56. The van der Waals surface area contributed by atoms with Crippen LogP contribution in [-0.4, -0.2) is 24.9 Å². The van der Waals surface area contributed by atoms with Crippen LogP contribution in [0.25, 0.3) is 10.6 Å². The van der Waals surface area contributed by atoms with Gasteiger partial charge in [0.15, 0.2) is 0 Å². The number of aromatic nitrogens is 2. The molecule has 0 bridgehead atoms. The fraction of sp³-hybridized carbons (Fsp3) is 0.529. The number of benzene rings is 1. The molecule has 0 saturated heterocycles. The second kappa shape index (κ2) is 5.67. The molecular formula is C17H24N2O2S2. The quantitative estimate of drug-likeness (QED) is 0.812. The highest BCUT2D eigenvalue weighted by molar-refractivity contribution is 7.92. The van der Waals surface area contributed by atoms with Crippen LogP contribution in [0, 0.1) is 0 Å². The lowest BCUT2D eigenvalue weighted by Crippen LogP contribution is -2.16. The molecule has 0 saturated carbocycles. The van der Waals surface area contributed by atoms with Gasteiger partial charge in [0.25, 0.3) is 0 Å². The largest absolute Gasteiger partial charge is 0.232 e. The highest BCUT2D eigenvalue weighted by Gasteiger charge is 2.22. The van der Waals surface area contributed by atoms with Gasteiger partial charge in [-0.3, -0.25) is 0 Å². The van der Waals surface area contributed by atoms with E-state index in [1.54, 1.807) is 0 Å². The Morgan fingerprint density at radius 2 is 1.35 bits per heavy atom. The number of hydrogen-bond donors (Lipinski definition) is 0. The van der Waals surface area contributed by atoms with Crippen LogP contribution >= 0.6 is 11.3 Å². The first-order valence-corrected chi connectivity index (χ1v) is 10.2. The van der Waals surface area contributed by atoms with Gasteiger partial charge in [0, 0.05) is 11.8 Å². The molecule has 0 fully saturated rings. The lowest BCUT2D eigenvalue weighted by molar-refractivity contribution is 0.569. The van der Waals surface area contributed by atoms with Crippen molar-refractivity contribution in [2.24, 2.45) is 0 Å². The van der Waals surface area contributed by atoms with E-state index in [0.29, 0.717) is 5.01 Å². The zero-order chi connectivity index (χ0) is 17.6. The van der Waals surface area contributed by atoms with Gasteiger partial charge in [-0.15, -0.1) is 10.2 Å². The van der Waals surface area contributed by atoms with Gasteiger partial charge >= 0.3 is 0 Å². The van der Waals surface area contributed by atoms with Crippen molar-refractivity contribution < 1.29 is 8.42 Å². The lowest BCUT2D eigenvalue weighted by atomic mass is 9.79. The first-order valence-electron chi connectivity index (χ1n) is 7.48. The zero-order valence-corrected chi connectivity index (χ0v) is 16.4. The van der Waals surface area contributed by atoms with E-state index in [0.717, 1.165) is 23.2 Å². The predicted molar refractivity (Wildman–Crippen MR) is 95.9 cm³/mol. The monoisotopic (exact) mass is 352 g/mol. The number of rotatable bonds is 2. The minimum atomic E-state index is -3.32. The Labute approximate surface area is 142 Å². The fourth-order valence-corrected chi connectivity index (χ4v) is 3.69. The maximum atomic E-state index is 11.6. The molecular weight excluding hydrogens is 328 g/mol. The Bertz CT molecular complexity index is 791. The molecule has 0 unspecified atom stereocenters. The molecule has 2 rings (SSSR count).